The average molecular weight is 555 g/mol. The summed E-state index contributed by atoms with van der Waals surface area (Å²) in [6, 6.07) is 7.59. The lowest BCUT2D eigenvalue weighted by atomic mass is 10.0. The van der Waals surface area contributed by atoms with Gasteiger partial charge >= 0.3 is 0 Å². The van der Waals surface area contributed by atoms with E-state index >= 15 is 4.39 Å². The average Bonchev–Trinajstić information content (AvgIpc) is 3.21. The zero-order valence-corrected chi connectivity index (χ0v) is 22.4. The third kappa shape index (κ3) is 5.59. The van der Waals surface area contributed by atoms with Crippen LogP contribution in [0.1, 0.15) is 52.1 Å². The molecule has 0 saturated carbocycles. The first-order chi connectivity index (χ1) is 18.7. The maximum Gasteiger partial charge on any atom is 0.255 e. The van der Waals surface area contributed by atoms with Gasteiger partial charge in [-0.05, 0) is 57.6 Å². The number of aromatic nitrogens is 2. The lowest BCUT2D eigenvalue weighted by molar-refractivity contribution is 0.0911. The maximum absolute atomic E-state index is 15.1. The van der Waals surface area contributed by atoms with Gasteiger partial charge in [-0.3, -0.25) is 9.59 Å². The molecule has 39 heavy (non-hydrogen) atoms. The molecule has 2 aliphatic heterocycles. The number of nitrogens with zero attached hydrogens (tertiary/aromatic N) is 3. The van der Waals surface area contributed by atoms with E-state index in [1.807, 2.05) is 20.0 Å². The molecule has 3 N–H and O–H groups in total. The van der Waals surface area contributed by atoms with Gasteiger partial charge in [0.15, 0.2) is 0 Å². The minimum atomic E-state index is -0.728. The molecule has 0 spiro atoms. The van der Waals surface area contributed by atoms with Crippen molar-refractivity contribution < 1.29 is 23.5 Å². The van der Waals surface area contributed by atoms with Crippen molar-refractivity contribution >= 4 is 35.1 Å². The predicted octanol–water partition coefficient (Wildman–Crippen LogP) is 4.44. The normalized spacial score (nSPS) is 17.4. The number of fused-ring (bicyclic) bond motifs is 1. The van der Waals surface area contributed by atoms with Crippen molar-refractivity contribution in [2.24, 2.45) is 0 Å². The molecule has 0 unspecified atom stereocenters. The molecule has 0 radical (unpaired) electrons. The standard InChI is InChI=1S/C27H28ClFN6O4/c1-14-16-5-4-6-21(23(16)25(37)31-14)39-26-18(28)13-30-27(34-26)33-20-12-19(29)17(11-22(20)38-3)24(36)32-15-7-9-35(2)10-8-15/h4-6,11-15H,7-10H2,1-3H3,(H,31,37)(H,32,36)(H,30,33,34)/t14-/m1/s1. The molecule has 1 aromatic heterocycles. The van der Waals surface area contributed by atoms with Gasteiger partial charge in [0.1, 0.15) is 22.3 Å². The van der Waals surface area contributed by atoms with Crippen LogP contribution in [-0.2, 0) is 0 Å². The topological polar surface area (TPSA) is 118 Å². The summed E-state index contributed by atoms with van der Waals surface area (Å²) in [5.41, 5.74) is 1.30. The van der Waals surface area contributed by atoms with Gasteiger partial charge < -0.3 is 30.3 Å². The SMILES string of the molecule is COc1cc(C(=O)NC2CCN(C)CC2)c(F)cc1Nc1ncc(Cl)c(Oc2cccc3c2C(=O)N[C@@H]3C)n1. The molecule has 204 valence electrons. The van der Waals surface area contributed by atoms with Crippen molar-refractivity contribution in [1.82, 2.24) is 25.5 Å². The molecule has 3 heterocycles. The molecule has 12 heteroatoms. The highest BCUT2D eigenvalue weighted by Crippen LogP contribution is 2.37. The zero-order valence-electron chi connectivity index (χ0n) is 21.7. The van der Waals surface area contributed by atoms with E-state index in [4.69, 9.17) is 21.1 Å². The summed E-state index contributed by atoms with van der Waals surface area (Å²) in [5.74, 6) is -0.920. The summed E-state index contributed by atoms with van der Waals surface area (Å²) in [7, 11) is 3.44. The number of amides is 2. The fourth-order valence-corrected chi connectivity index (χ4v) is 4.83. The van der Waals surface area contributed by atoms with Gasteiger partial charge in [-0.1, -0.05) is 23.7 Å². The molecule has 5 rings (SSSR count). The van der Waals surface area contributed by atoms with Crippen LogP contribution in [0.15, 0.2) is 36.5 Å². The Bertz CT molecular complexity index is 1430. The Labute approximate surface area is 229 Å². The monoisotopic (exact) mass is 554 g/mol. The van der Waals surface area contributed by atoms with E-state index in [0.717, 1.165) is 37.6 Å². The predicted molar refractivity (Wildman–Crippen MR) is 144 cm³/mol. The summed E-state index contributed by atoms with van der Waals surface area (Å²) >= 11 is 6.28. The molecular formula is C27H28ClFN6O4. The highest BCUT2D eigenvalue weighted by molar-refractivity contribution is 6.31. The van der Waals surface area contributed by atoms with Crippen molar-refractivity contribution in [3.63, 3.8) is 0 Å². The summed E-state index contributed by atoms with van der Waals surface area (Å²) in [4.78, 5) is 35.9. The number of benzene rings is 2. The molecule has 3 aromatic rings. The van der Waals surface area contributed by atoms with Crippen LogP contribution in [-0.4, -0.2) is 60.0 Å². The van der Waals surface area contributed by atoms with Crippen LogP contribution < -0.4 is 25.4 Å². The van der Waals surface area contributed by atoms with Gasteiger partial charge in [-0.15, -0.1) is 0 Å². The molecule has 2 amide bonds. The number of ether oxygens (including phenoxy) is 2. The molecule has 1 saturated heterocycles. The molecule has 0 bridgehead atoms. The first kappa shape index (κ1) is 26.6. The van der Waals surface area contributed by atoms with E-state index in [-0.39, 0.29) is 51.8 Å². The second-order valence-corrected chi connectivity index (χ2v) is 9.98. The molecule has 2 aromatic carbocycles. The van der Waals surface area contributed by atoms with Gasteiger partial charge in [0.2, 0.25) is 11.8 Å². The Morgan fingerprint density at radius 1 is 1.23 bits per heavy atom. The van der Waals surface area contributed by atoms with E-state index in [9.17, 15) is 9.59 Å². The van der Waals surface area contributed by atoms with Gasteiger partial charge in [-0.2, -0.15) is 4.98 Å². The molecule has 1 fully saturated rings. The Morgan fingerprint density at radius 2 is 2.00 bits per heavy atom. The number of hydrogen-bond donors (Lipinski definition) is 3. The van der Waals surface area contributed by atoms with Gasteiger partial charge in [0.05, 0.1) is 36.2 Å². The van der Waals surface area contributed by atoms with Gasteiger partial charge in [0.25, 0.3) is 11.8 Å². The number of piperidine rings is 1. The third-order valence-electron chi connectivity index (χ3n) is 6.85. The summed E-state index contributed by atoms with van der Waals surface area (Å²) < 4.78 is 26.4. The molecule has 0 aliphatic carbocycles. The smallest absolute Gasteiger partial charge is 0.255 e. The number of rotatable bonds is 7. The quantitative estimate of drug-likeness (QED) is 0.392. The summed E-state index contributed by atoms with van der Waals surface area (Å²) in [6.45, 7) is 3.61. The highest BCUT2D eigenvalue weighted by Gasteiger charge is 2.29. The lowest BCUT2D eigenvalue weighted by Gasteiger charge is -2.29. The minimum absolute atomic E-state index is 0.00323. The maximum atomic E-state index is 15.1. The molecule has 10 nitrogen and oxygen atoms in total. The highest BCUT2D eigenvalue weighted by atomic mass is 35.5. The molecule has 2 aliphatic rings. The first-order valence-corrected chi connectivity index (χ1v) is 12.9. The number of nitrogens with one attached hydrogen (secondary N) is 3. The first-order valence-electron chi connectivity index (χ1n) is 12.5. The van der Waals surface area contributed by atoms with Gasteiger partial charge in [0, 0.05) is 12.1 Å². The Balaban J connectivity index is 1.36. The van der Waals surface area contributed by atoms with Crippen molar-refractivity contribution in [1.29, 1.82) is 0 Å². The lowest BCUT2D eigenvalue weighted by Crippen LogP contribution is -2.43. The van der Waals surface area contributed by atoms with Crippen LogP contribution in [0, 0.1) is 5.82 Å². The Kier molecular flexibility index (Phi) is 7.53. The van der Waals surface area contributed by atoms with E-state index in [1.54, 1.807) is 12.1 Å². The number of carbonyl (C=O) groups excluding carboxylic acids is 2. The van der Waals surface area contributed by atoms with E-state index in [0.29, 0.717) is 11.3 Å². The Morgan fingerprint density at radius 3 is 2.74 bits per heavy atom. The second-order valence-electron chi connectivity index (χ2n) is 9.57. The van der Waals surface area contributed by atoms with Crippen LogP contribution >= 0.6 is 11.6 Å². The number of likely N-dealkylation sites (tertiary alicyclic amines) is 1. The van der Waals surface area contributed by atoms with Crippen LogP contribution in [0.2, 0.25) is 5.02 Å². The molecular weight excluding hydrogens is 527 g/mol. The number of hydrogen-bond acceptors (Lipinski definition) is 8. The van der Waals surface area contributed by atoms with E-state index in [2.05, 4.69) is 30.8 Å². The van der Waals surface area contributed by atoms with Crippen molar-refractivity contribution in [3.8, 4) is 17.4 Å². The van der Waals surface area contributed by atoms with Crippen LogP contribution in [0.25, 0.3) is 0 Å². The number of anilines is 2. The fourth-order valence-electron chi connectivity index (χ4n) is 4.70. The largest absolute Gasteiger partial charge is 0.495 e. The van der Waals surface area contributed by atoms with Gasteiger partial charge in [-0.25, -0.2) is 9.37 Å². The summed E-state index contributed by atoms with van der Waals surface area (Å²) in [5, 5.41) is 8.77. The van der Waals surface area contributed by atoms with Crippen molar-refractivity contribution in [3.05, 3.63) is 64.1 Å². The Hall–Kier alpha value is -3.96. The van der Waals surface area contributed by atoms with E-state index in [1.165, 1.54) is 19.4 Å². The van der Waals surface area contributed by atoms with Crippen LogP contribution in [0.5, 0.6) is 17.4 Å². The van der Waals surface area contributed by atoms with E-state index < -0.39 is 11.7 Å². The molecule has 1 atom stereocenters. The second kappa shape index (κ2) is 11.0. The summed E-state index contributed by atoms with van der Waals surface area (Å²) in [6.07, 6.45) is 2.92. The zero-order chi connectivity index (χ0) is 27.7. The third-order valence-corrected chi connectivity index (χ3v) is 7.11. The van der Waals surface area contributed by atoms with Crippen LogP contribution in [0.4, 0.5) is 16.0 Å². The number of methoxy groups -OCH3 is 1. The van der Waals surface area contributed by atoms with Crippen molar-refractivity contribution in [2.75, 3.05) is 32.6 Å². The number of halogens is 2. The minimum Gasteiger partial charge on any atom is -0.495 e. The fraction of sp³-hybridized carbons (Fsp3) is 0.333. The number of carbonyl (C=O) groups is 2. The van der Waals surface area contributed by atoms with Crippen molar-refractivity contribution in [2.45, 2.75) is 31.8 Å². The van der Waals surface area contributed by atoms with Crippen LogP contribution in [0.3, 0.4) is 0 Å².